The fourth-order valence-corrected chi connectivity index (χ4v) is 7.22. The van der Waals surface area contributed by atoms with Crippen LogP contribution in [-0.2, 0) is 14.8 Å². The molecule has 2 aromatic carbocycles. The van der Waals surface area contributed by atoms with Crippen LogP contribution >= 0.6 is 0 Å². The average Bonchev–Trinajstić information content (AvgIpc) is 3.52. The fourth-order valence-electron chi connectivity index (χ4n) is 5.77. The molecule has 2 aromatic rings. The van der Waals surface area contributed by atoms with Crippen LogP contribution in [0, 0.1) is 6.92 Å². The van der Waals surface area contributed by atoms with Gasteiger partial charge in [-0.05, 0) is 86.7 Å². The second-order valence-electron chi connectivity index (χ2n) is 11.1. The molecule has 4 aliphatic rings. The van der Waals surface area contributed by atoms with Crippen LogP contribution in [0.15, 0.2) is 52.4 Å². The van der Waals surface area contributed by atoms with Gasteiger partial charge in [-0.1, -0.05) is 12.1 Å². The van der Waals surface area contributed by atoms with Crippen LogP contribution in [-0.4, -0.2) is 82.6 Å². The third kappa shape index (κ3) is 5.20. The third-order valence-corrected chi connectivity index (χ3v) is 10.2. The van der Waals surface area contributed by atoms with E-state index in [1.807, 2.05) is 37.1 Å². The number of benzene rings is 2. The second kappa shape index (κ2) is 11.1. The lowest BCUT2D eigenvalue weighted by molar-refractivity contribution is -0.131. The molecule has 9 nitrogen and oxygen atoms in total. The minimum atomic E-state index is -3.71. The van der Waals surface area contributed by atoms with Gasteiger partial charge < -0.3 is 24.4 Å². The molecule has 1 aliphatic carbocycles. The largest absolute Gasteiger partial charge is 0.490 e. The smallest absolute Gasteiger partial charge is 0.243 e. The van der Waals surface area contributed by atoms with Gasteiger partial charge in [0.15, 0.2) is 11.5 Å². The molecule has 0 unspecified atom stereocenters. The molecule has 1 fully saturated rings. The number of carbonyl (C=O) groups is 1. The molecule has 214 valence electrons. The van der Waals surface area contributed by atoms with Crippen molar-refractivity contribution in [3.63, 3.8) is 0 Å². The Kier molecular flexibility index (Phi) is 7.50. The second-order valence-corrected chi connectivity index (χ2v) is 13.1. The number of nitrogens with zero attached hydrogens (tertiary/aromatic N) is 2. The Morgan fingerprint density at radius 3 is 2.42 bits per heavy atom. The Labute approximate surface area is 236 Å². The van der Waals surface area contributed by atoms with Crippen molar-refractivity contribution < 1.29 is 27.4 Å². The molecular weight excluding hydrogens is 530 g/mol. The number of fused-ring (bicyclic) bond motifs is 1. The van der Waals surface area contributed by atoms with E-state index in [0.29, 0.717) is 63.9 Å². The number of sulfonamides is 1. The molecule has 0 aromatic heterocycles. The van der Waals surface area contributed by atoms with E-state index in [-0.39, 0.29) is 22.8 Å². The van der Waals surface area contributed by atoms with Crippen LogP contribution in [0.3, 0.4) is 0 Å². The maximum atomic E-state index is 13.9. The summed E-state index contributed by atoms with van der Waals surface area (Å²) in [7, 11) is -1.82. The normalized spacial score (nSPS) is 19.9. The van der Waals surface area contributed by atoms with Crippen molar-refractivity contribution in [1.82, 2.24) is 14.5 Å². The van der Waals surface area contributed by atoms with E-state index in [2.05, 4.69) is 5.32 Å². The van der Waals surface area contributed by atoms with Gasteiger partial charge in [-0.2, -0.15) is 4.31 Å². The van der Waals surface area contributed by atoms with Crippen molar-refractivity contribution in [3.05, 3.63) is 58.7 Å². The van der Waals surface area contributed by atoms with Gasteiger partial charge in [0.2, 0.25) is 15.9 Å². The van der Waals surface area contributed by atoms with Crippen molar-refractivity contribution in [1.29, 1.82) is 0 Å². The van der Waals surface area contributed by atoms with Crippen LogP contribution in [0.1, 0.15) is 42.7 Å². The molecule has 10 heteroatoms. The van der Waals surface area contributed by atoms with Crippen LogP contribution < -0.4 is 19.5 Å². The fraction of sp³-hybridized carbons (Fsp3) is 0.500. The Bertz CT molecular complexity index is 1420. The first-order valence-corrected chi connectivity index (χ1v) is 15.6. The molecular formula is C30H37N3O6S. The number of ether oxygens (including phenoxy) is 3. The van der Waals surface area contributed by atoms with E-state index in [0.717, 1.165) is 40.9 Å². The molecule has 1 amide bonds. The molecule has 3 aliphatic heterocycles. The van der Waals surface area contributed by atoms with E-state index in [4.69, 9.17) is 14.2 Å². The summed E-state index contributed by atoms with van der Waals surface area (Å²) in [6.07, 6.45) is 4.31. The SMILES string of the molecule is CNCC[C@@H](C(=O)N1CC2=C(C1)CN(S(=O)(=O)c1ccc3c(c1)OCCO3)C2)c1ccc(C)c(OC2CCC2)c1. The highest BCUT2D eigenvalue weighted by molar-refractivity contribution is 7.89. The van der Waals surface area contributed by atoms with Gasteiger partial charge in [0.05, 0.1) is 16.9 Å². The number of nitrogens with one attached hydrogen (secondary N) is 1. The highest BCUT2D eigenvalue weighted by atomic mass is 32.2. The molecule has 0 radical (unpaired) electrons. The lowest BCUT2D eigenvalue weighted by Gasteiger charge is -2.29. The van der Waals surface area contributed by atoms with Crippen molar-refractivity contribution in [2.45, 2.75) is 49.5 Å². The summed E-state index contributed by atoms with van der Waals surface area (Å²) in [4.78, 5) is 16.0. The van der Waals surface area contributed by atoms with E-state index >= 15 is 0 Å². The number of amides is 1. The van der Waals surface area contributed by atoms with Crippen LogP contribution in [0.2, 0.25) is 0 Å². The molecule has 40 heavy (non-hydrogen) atoms. The maximum absolute atomic E-state index is 13.9. The molecule has 0 saturated heterocycles. The third-order valence-electron chi connectivity index (χ3n) is 8.40. The van der Waals surface area contributed by atoms with Gasteiger partial charge in [0.25, 0.3) is 0 Å². The molecule has 0 spiro atoms. The van der Waals surface area contributed by atoms with Crippen LogP contribution in [0.25, 0.3) is 0 Å². The number of rotatable bonds is 9. The quantitative estimate of drug-likeness (QED) is 0.465. The van der Waals surface area contributed by atoms with Crippen LogP contribution in [0.5, 0.6) is 17.2 Å². The van der Waals surface area contributed by atoms with E-state index in [9.17, 15) is 13.2 Å². The Hall–Kier alpha value is -3.08. The van der Waals surface area contributed by atoms with Crippen molar-refractivity contribution >= 4 is 15.9 Å². The predicted molar refractivity (Wildman–Crippen MR) is 151 cm³/mol. The molecule has 0 bridgehead atoms. The van der Waals surface area contributed by atoms with Gasteiger partial charge in [-0.15, -0.1) is 0 Å². The minimum absolute atomic E-state index is 0.0735. The summed E-state index contributed by atoms with van der Waals surface area (Å²) in [5, 5.41) is 3.18. The first-order valence-electron chi connectivity index (χ1n) is 14.1. The summed E-state index contributed by atoms with van der Waals surface area (Å²) in [5.74, 6) is 1.66. The van der Waals surface area contributed by atoms with Crippen LogP contribution in [0.4, 0.5) is 0 Å². The summed E-state index contributed by atoms with van der Waals surface area (Å²) in [5.41, 5.74) is 4.08. The highest BCUT2D eigenvalue weighted by Gasteiger charge is 2.39. The topological polar surface area (TPSA) is 97.4 Å². The zero-order valence-electron chi connectivity index (χ0n) is 23.1. The van der Waals surface area contributed by atoms with E-state index in [1.165, 1.54) is 10.7 Å². The van der Waals surface area contributed by atoms with Crippen molar-refractivity contribution in [2.75, 3.05) is 53.0 Å². The lowest BCUT2D eigenvalue weighted by Crippen LogP contribution is -2.39. The zero-order chi connectivity index (χ0) is 27.9. The predicted octanol–water partition coefficient (Wildman–Crippen LogP) is 3.23. The molecule has 1 N–H and O–H groups in total. The van der Waals surface area contributed by atoms with Gasteiger partial charge in [-0.3, -0.25) is 4.79 Å². The lowest BCUT2D eigenvalue weighted by atomic mass is 9.92. The molecule has 1 saturated carbocycles. The van der Waals surface area contributed by atoms with Crippen molar-refractivity contribution in [2.24, 2.45) is 0 Å². The maximum Gasteiger partial charge on any atom is 0.243 e. The van der Waals surface area contributed by atoms with Gasteiger partial charge in [0.1, 0.15) is 19.0 Å². The summed E-state index contributed by atoms with van der Waals surface area (Å²) < 4.78 is 45.7. The van der Waals surface area contributed by atoms with E-state index < -0.39 is 10.0 Å². The molecule has 6 rings (SSSR count). The van der Waals surface area contributed by atoms with Gasteiger partial charge >= 0.3 is 0 Å². The monoisotopic (exact) mass is 567 g/mol. The van der Waals surface area contributed by atoms with Gasteiger partial charge in [0, 0.05) is 32.2 Å². The standard InChI is InChI=1S/C30H37N3O6S/c1-20-6-7-21(14-28(20)39-24-4-3-5-24)26(10-11-31-2)30(34)32-16-22-18-33(19-23(22)17-32)40(35,36)25-8-9-27-29(15-25)38-13-12-37-27/h6-9,14-15,24,26,31H,3-5,10-13,16-19H2,1-2H3/t26-/m1/s1. The summed E-state index contributed by atoms with van der Waals surface area (Å²) in [6, 6.07) is 10.9. The average molecular weight is 568 g/mol. The van der Waals surface area contributed by atoms with Gasteiger partial charge in [-0.25, -0.2) is 8.42 Å². The summed E-state index contributed by atoms with van der Waals surface area (Å²) >= 11 is 0. The highest BCUT2D eigenvalue weighted by Crippen LogP contribution is 2.37. The first-order chi connectivity index (χ1) is 19.3. The number of aryl methyl sites for hydroxylation is 1. The van der Waals surface area contributed by atoms with E-state index in [1.54, 1.807) is 18.2 Å². The molecule has 1 atom stereocenters. The number of hydrogen-bond donors (Lipinski definition) is 1. The van der Waals surface area contributed by atoms with Crippen molar-refractivity contribution in [3.8, 4) is 17.2 Å². The Balaban J connectivity index is 1.14. The Morgan fingerprint density at radius 2 is 1.75 bits per heavy atom. The number of hydrogen-bond acceptors (Lipinski definition) is 7. The summed E-state index contributed by atoms with van der Waals surface area (Å²) in [6.45, 7) is 5.10. The first kappa shape index (κ1) is 27.1. The molecule has 3 heterocycles. The Morgan fingerprint density at radius 1 is 1.02 bits per heavy atom. The number of carbonyl (C=O) groups excluding carboxylic acids is 1. The minimum Gasteiger partial charge on any atom is -0.490 e. The zero-order valence-corrected chi connectivity index (χ0v) is 24.0.